The van der Waals surface area contributed by atoms with E-state index < -0.39 is 29.8 Å². The zero-order valence-corrected chi connectivity index (χ0v) is 23.9. The second kappa shape index (κ2) is 10.6. The number of nitrogens with zero attached hydrogens (tertiary/aromatic N) is 5. The maximum atomic E-state index is 13.3. The Hall–Kier alpha value is -3.43. The number of rotatable bonds is 10. The van der Waals surface area contributed by atoms with Gasteiger partial charge in [-0.15, -0.1) is 0 Å². The minimum atomic E-state index is -4.59. The molecule has 0 atom stereocenters. The summed E-state index contributed by atoms with van der Waals surface area (Å²) < 4.78 is 82.4. The van der Waals surface area contributed by atoms with Crippen LogP contribution in [0, 0.1) is 6.92 Å². The van der Waals surface area contributed by atoms with Gasteiger partial charge in [-0.3, -0.25) is 4.72 Å². The molecule has 0 aliphatic carbocycles. The molecule has 0 amide bonds. The molecule has 0 radical (unpaired) electrons. The molecule has 0 bridgehead atoms. The second-order valence-corrected chi connectivity index (χ2v) is 17.4. The third-order valence-electron chi connectivity index (χ3n) is 5.90. The number of sulfonamides is 1. The van der Waals surface area contributed by atoms with Crippen molar-refractivity contribution in [2.45, 2.75) is 50.4 Å². The molecule has 0 unspecified atom stereocenters. The van der Waals surface area contributed by atoms with E-state index in [9.17, 15) is 21.6 Å². The lowest BCUT2D eigenvalue weighted by molar-refractivity contribution is -0.137. The SMILES string of the molecule is COc1ccc2c(c(C)nn2COCC[Si](C)(C)C)c1NS(=O)(=O)c1cnn(-c2cc(C(F)(F)F)ccn2)c1. The van der Waals surface area contributed by atoms with Crippen LogP contribution in [0.5, 0.6) is 5.75 Å². The van der Waals surface area contributed by atoms with Crippen LogP contribution in [0.15, 0.2) is 47.8 Å². The van der Waals surface area contributed by atoms with Gasteiger partial charge in [-0.2, -0.15) is 23.4 Å². The lowest BCUT2D eigenvalue weighted by Crippen LogP contribution is -2.22. The summed E-state index contributed by atoms with van der Waals surface area (Å²) >= 11 is 0. The Bertz CT molecular complexity index is 1600. The van der Waals surface area contributed by atoms with E-state index >= 15 is 0 Å². The molecule has 0 spiro atoms. The molecule has 1 aromatic carbocycles. The predicted molar refractivity (Wildman–Crippen MR) is 142 cm³/mol. The summed E-state index contributed by atoms with van der Waals surface area (Å²) in [6.45, 7) is 9.31. The number of ether oxygens (including phenoxy) is 2. The number of aromatic nitrogens is 5. The molecule has 39 heavy (non-hydrogen) atoms. The van der Waals surface area contributed by atoms with E-state index in [1.54, 1.807) is 23.7 Å². The fourth-order valence-electron chi connectivity index (χ4n) is 3.82. The van der Waals surface area contributed by atoms with Crippen molar-refractivity contribution in [2.24, 2.45) is 0 Å². The van der Waals surface area contributed by atoms with Gasteiger partial charge in [0.1, 0.15) is 23.1 Å². The van der Waals surface area contributed by atoms with Crippen LogP contribution in [-0.2, 0) is 27.7 Å². The Kier molecular flexibility index (Phi) is 7.78. The number of nitrogens with one attached hydrogen (secondary N) is 1. The molecule has 0 aliphatic rings. The summed E-state index contributed by atoms with van der Waals surface area (Å²) in [5.74, 6) is 0.0810. The molecular formula is C24H29F3N6O4SSi. The third kappa shape index (κ3) is 6.42. The summed E-state index contributed by atoms with van der Waals surface area (Å²) in [6.07, 6.45) is -1.50. The Morgan fingerprint density at radius 3 is 2.56 bits per heavy atom. The topological polar surface area (TPSA) is 113 Å². The first kappa shape index (κ1) is 28.6. The maximum absolute atomic E-state index is 13.3. The molecule has 3 heterocycles. The summed E-state index contributed by atoms with van der Waals surface area (Å²) in [5.41, 5.74) is 0.437. The van der Waals surface area contributed by atoms with Crippen LogP contribution in [0.25, 0.3) is 16.7 Å². The largest absolute Gasteiger partial charge is 0.495 e. The van der Waals surface area contributed by atoms with E-state index in [4.69, 9.17) is 9.47 Å². The monoisotopic (exact) mass is 582 g/mol. The normalized spacial score (nSPS) is 12.7. The number of aryl methyl sites for hydroxylation is 1. The number of fused-ring (bicyclic) bond motifs is 1. The van der Waals surface area contributed by atoms with Crippen molar-refractivity contribution in [1.29, 1.82) is 0 Å². The summed E-state index contributed by atoms with van der Waals surface area (Å²) in [4.78, 5) is 3.60. The number of anilines is 1. The van der Waals surface area contributed by atoms with Gasteiger partial charge in [0.15, 0.2) is 5.82 Å². The standard InChI is InChI=1S/C24H29F3N6O4SSi/c1-16-22-19(33(30-16)15-37-10-11-39(3,4)5)6-7-20(36-2)23(22)31-38(34,35)18-13-29-32(14-18)21-12-17(8-9-28-21)24(25,26)27/h6-9,12-14,31H,10-11,15H2,1-5H3. The zero-order valence-electron chi connectivity index (χ0n) is 22.1. The van der Waals surface area contributed by atoms with E-state index in [1.165, 1.54) is 7.11 Å². The average molecular weight is 583 g/mol. The van der Waals surface area contributed by atoms with E-state index in [2.05, 4.69) is 39.5 Å². The molecule has 0 saturated heterocycles. The molecular weight excluding hydrogens is 553 g/mol. The lowest BCUT2D eigenvalue weighted by Gasteiger charge is -2.15. The van der Waals surface area contributed by atoms with Crippen molar-refractivity contribution in [3.05, 3.63) is 54.1 Å². The van der Waals surface area contributed by atoms with Gasteiger partial charge in [-0.25, -0.2) is 22.8 Å². The first-order chi connectivity index (χ1) is 18.2. The number of hydrogen-bond donors (Lipinski definition) is 1. The summed E-state index contributed by atoms with van der Waals surface area (Å²) in [6, 6.07) is 5.98. The molecule has 0 fully saturated rings. The summed E-state index contributed by atoms with van der Waals surface area (Å²) in [5, 5.41) is 8.97. The molecule has 0 aliphatic heterocycles. The van der Waals surface area contributed by atoms with Gasteiger partial charge in [0.05, 0.1) is 41.7 Å². The van der Waals surface area contributed by atoms with Gasteiger partial charge in [0.25, 0.3) is 10.0 Å². The number of hydrogen-bond acceptors (Lipinski definition) is 7. The minimum Gasteiger partial charge on any atom is -0.495 e. The first-order valence-corrected chi connectivity index (χ1v) is 17.1. The Morgan fingerprint density at radius 2 is 1.90 bits per heavy atom. The number of benzene rings is 1. The first-order valence-electron chi connectivity index (χ1n) is 11.9. The highest BCUT2D eigenvalue weighted by Crippen LogP contribution is 2.37. The number of methoxy groups -OCH3 is 1. The fraction of sp³-hybridized carbons (Fsp3) is 0.375. The van der Waals surface area contributed by atoms with Crippen LogP contribution in [0.3, 0.4) is 0 Å². The van der Waals surface area contributed by atoms with Gasteiger partial charge < -0.3 is 9.47 Å². The van der Waals surface area contributed by atoms with Gasteiger partial charge >= 0.3 is 6.18 Å². The van der Waals surface area contributed by atoms with E-state index in [-0.39, 0.29) is 28.9 Å². The molecule has 210 valence electrons. The second-order valence-electron chi connectivity index (χ2n) is 10.1. The van der Waals surface area contributed by atoms with Crippen molar-refractivity contribution >= 4 is 34.7 Å². The average Bonchev–Trinajstić information content (AvgIpc) is 3.47. The van der Waals surface area contributed by atoms with Crippen molar-refractivity contribution in [2.75, 3.05) is 18.4 Å². The molecule has 15 heteroatoms. The molecule has 1 N–H and O–H groups in total. The van der Waals surface area contributed by atoms with Crippen molar-refractivity contribution in [3.8, 4) is 11.6 Å². The summed E-state index contributed by atoms with van der Waals surface area (Å²) in [7, 11) is -4.09. The third-order valence-corrected chi connectivity index (χ3v) is 8.91. The van der Waals surface area contributed by atoms with Crippen LogP contribution in [0.1, 0.15) is 11.3 Å². The maximum Gasteiger partial charge on any atom is 0.416 e. The van der Waals surface area contributed by atoms with E-state index in [0.717, 1.165) is 41.4 Å². The molecule has 4 aromatic rings. The highest BCUT2D eigenvalue weighted by atomic mass is 32.2. The van der Waals surface area contributed by atoms with Gasteiger partial charge in [0, 0.05) is 20.9 Å². The Balaban J connectivity index is 1.64. The van der Waals surface area contributed by atoms with Crippen molar-refractivity contribution in [3.63, 3.8) is 0 Å². The van der Waals surface area contributed by atoms with Crippen LogP contribution < -0.4 is 9.46 Å². The number of pyridine rings is 1. The van der Waals surface area contributed by atoms with Crippen LogP contribution in [-0.4, -0.2) is 54.8 Å². The van der Waals surface area contributed by atoms with Crippen molar-refractivity contribution in [1.82, 2.24) is 24.5 Å². The Morgan fingerprint density at radius 1 is 1.15 bits per heavy atom. The van der Waals surface area contributed by atoms with Crippen LogP contribution in [0.4, 0.5) is 18.9 Å². The Labute approximate surface area is 224 Å². The van der Waals surface area contributed by atoms with E-state index in [0.29, 0.717) is 23.2 Å². The molecule has 4 rings (SSSR count). The minimum absolute atomic E-state index is 0.172. The highest BCUT2D eigenvalue weighted by Gasteiger charge is 2.31. The van der Waals surface area contributed by atoms with Gasteiger partial charge in [0.2, 0.25) is 0 Å². The van der Waals surface area contributed by atoms with Crippen molar-refractivity contribution < 1.29 is 31.1 Å². The van der Waals surface area contributed by atoms with E-state index in [1.807, 2.05) is 0 Å². The highest BCUT2D eigenvalue weighted by molar-refractivity contribution is 7.92. The van der Waals surface area contributed by atoms with Crippen LogP contribution >= 0.6 is 0 Å². The molecule has 10 nitrogen and oxygen atoms in total. The fourth-order valence-corrected chi connectivity index (χ4v) is 5.59. The number of alkyl halides is 3. The van der Waals surface area contributed by atoms with Crippen LogP contribution in [0.2, 0.25) is 25.7 Å². The molecule has 0 saturated carbocycles. The zero-order chi connectivity index (χ0) is 28.6. The lowest BCUT2D eigenvalue weighted by atomic mass is 10.1. The number of halogens is 3. The van der Waals surface area contributed by atoms with Gasteiger partial charge in [-0.1, -0.05) is 19.6 Å². The molecule has 3 aromatic heterocycles. The quantitative estimate of drug-likeness (QED) is 0.205. The predicted octanol–water partition coefficient (Wildman–Crippen LogP) is 5.07. The van der Waals surface area contributed by atoms with Gasteiger partial charge in [-0.05, 0) is 37.2 Å². The smallest absolute Gasteiger partial charge is 0.416 e.